The van der Waals surface area contributed by atoms with E-state index in [1.165, 1.54) is 5.06 Å². The summed E-state index contributed by atoms with van der Waals surface area (Å²) in [5.41, 5.74) is 1.01. The number of amides is 2. The Labute approximate surface area is 197 Å². The Morgan fingerprint density at radius 1 is 1.03 bits per heavy atom. The molecule has 2 rings (SSSR count). The van der Waals surface area contributed by atoms with Gasteiger partial charge in [-0.3, -0.25) is 19.2 Å². The number of ketones is 1. The van der Waals surface area contributed by atoms with E-state index in [4.69, 9.17) is 4.84 Å². The molecule has 2 atom stereocenters. The van der Waals surface area contributed by atoms with Gasteiger partial charge in [0.05, 0.1) is 18.5 Å². The molecular weight excluding hydrogens is 416 g/mol. The Kier molecular flexibility index (Phi) is 10.3. The van der Waals surface area contributed by atoms with E-state index < -0.39 is 17.4 Å². The Morgan fingerprint density at radius 2 is 1.64 bits per heavy atom. The van der Waals surface area contributed by atoms with E-state index in [9.17, 15) is 14.4 Å². The summed E-state index contributed by atoms with van der Waals surface area (Å²) < 4.78 is 0. The molecule has 0 aliphatic rings. The maximum Gasteiger partial charge on any atom is 0.233 e. The van der Waals surface area contributed by atoms with Gasteiger partial charge >= 0.3 is 0 Å². The van der Waals surface area contributed by atoms with Gasteiger partial charge in [0.15, 0.2) is 5.78 Å². The maximum absolute atomic E-state index is 13.3. The maximum atomic E-state index is 13.3. The minimum Gasteiger partial charge on any atom is -0.345 e. The molecule has 178 valence electrons. The van der Waals surface area contributed by atoms with Gasteiger partial charge < -0.3 is 5.32 Å². The second-order valence-electron chi connectivity index (χ2n) is 9.34. The highest BCUT2D eigenvalue weighted by Gasteiger charge is 2.35. The van der Waals surface area contributed by atoms with Crippen LogP contribution in [-0.4, -0.2) is 35.8 Å². The van der Waals surface area contributed by atoms with E-state index in [2.05, 4.69) is 12.2 Å². The third-order valence-corrected chi connectivity index (χ3v) is 5.51. The summed E-state index contributed by atoms with van der Waals surface area (Å²) in [6, 6.07) is 17.8. The van der Waals surface area contributed by atoms with Gasteiger partial charge in [0.1, 0.15) is 6.61 Å². The number of nitrogens with zero attached hydrogens (tertiary/aromatic N) is 1. The summed E-state index contributed by atoms with van der Waals surface area (Å²) >= 11 is 0. The van der Waals surface area contributed by atoms with Crippen LogP contribution in [0.15, 0.2) is 60.7 Å². The minimum atomic E-state index is -0.688. The van der Waals surface area contributed by atoms with E-state index in [-0.39, 0.29) is 24.8 Å². The van der Waals surface area contributed by atoms with Crippen LogP contribution in [0.25, 0.3) is 0 Å². The number of benzene rings is 2. The van der Waals surface area contributed by atoms with Crippen molar-refractivity contribution in [3.63, 3.8) is 0 Å². The van der Waals surface area contributed by atoms with E-state index in [0.29, 0.717) is 18.4 Å². The van der Waals surface area contributed by atoms with Crippen LogP contribution in [0.3, 0.4) is 0 Å². The van der Waals surface area contributed by atoms with Gasteiger partial charge in [0, 0.05) is 5.56 Å². The van der Waals surface area contributed by atoms with E-state index in [1.54, 1.807) is 12.1 Å². The lowest BCUT2D eigenvalue weighted by molar-refractivity contribution is -0.182. The largest absolute Gasteiger partial charge is 0.345 e. The Bertz CT molecular complexity index is 878. The number of hydrogen-bond acceptors (Lipinski definition) is 4. The van der Waals surface area contributed by atoms with Crippen LogP contribution < -0.4 is 5.32 Å². The Morgan fingerprint density at radius 3 is 2.18 bits per heavy atom. The second-order valence-corrected chi connectivity index (χ2v) is 9.34. The van der Waals surface area contributed by atoms with Crippen molar-refractivity contribution in [1.82, 2.24) is 10.4 Å². The predicted octanol–water partition coefficient (Wildman–Crippen LogP) is 4.80. The Hall–Kier alpha value is -2.99. The molecule has 0 saturated carbocycles. The molecule has 0 spiro atoms. The summed E-state index contributed by atoms with van der Waals surface area (Å²) in [5.74, 6) is -0.861. The second kappa shape index (κ2) is 12.9. The number of nitrogens with one attached hydrogen (secondary N) is 1. The quantitative estimate of drug-likeness (QED) is 0.269. The van der Waals surface area contributed by atoms with E-state index in [0.717, 1.165) is 18.4 Å². The summed E-state index contributed by atoms with van der Waals surface area (Å²) in [4.78, 5) is 43.8. The summed E-state index contributed by atoms with van der Waals surface area (Å²) in [6.07, 6.45) is 2.95. The molecule has 33 heavy (non-hydrogen) atoms. The standard InChI is InChI=1S/C27H36N2O4/c1-5-6-15-23(18-29(20-30)33-19-21-13-9-7-10-14-21)26(32)28-25(27(2,3)4)24(31)22-16-11-8-12-17-22/h7-14,16-17,20,23,25H,5-6,15,18-19H2,1-4H3,(H,28,32)/t23-,25-/m1/s1. The number of hydroxylamine groups is 2. The first-order valence-corrected chi connectivity index (χ1v) is 11.5. The molecule has 0 aliphatic heterocycles. The van der Waals surface area contributed by atoms with Gasteiger partial charge in [-0.25, -0.2) is 5.06 Å². The van der Waals surface area contributed by atoms with Crippen LogP contribution in [0.2, 0.25) is 0 Å². The molecule has 2 aromatic rings. The fraction of sp³-hybridized carbons (Fsp3) is 0.444. The molecular formula is C27H36N2O4. The Balaban J connectivity index is 2.12. The van der Waals surface area contributed by atoms with Crippen LogP contribution in [0.5, 0.6) is 0 Å². The zero-order valence-corrected chi connectivity index (χ0v) is 20.1. The summed E-state index contributed by atoms with van der Waals surface area (Å²) in [6.45, 7) is 8.20. The highest BCUT2D eigenvalue weighted by Crippen LogP contribution is 2.24. The summed E-state index contributed by atoms with van der Waals surface area (Å²) in [7, 11) is 0. The lowest BCUT2D eigenvalue weighted by Gasteiger charge is -2.32. The van der Waals surface area contributed by atoms with Crippen molar-refractivity contribution >= 4 is 18.1 Å². The monoisotopic (exact) mass is 452 g/mol. The van der Waals surface area contributed by atoms with Crippen molar-refractivity contribution in [3.8, 4) is 0 Å². The SMILES string of the molecule is CCCC[C@H](CN(C=O)OCc1ccccc1)C(=O)N[C@H](C(=O)c1ccccc1)C(C)(C)C. The molecule has 0 aromatic heterocycles. The van der Waals surface area contributed by atoms with Gasteiger partial charge in [0.2, 0.25) is 12.3 Å². The first kappa shape index (κ1) is 26.3. The molecule has 0 fully saturated rings. The third kappa shape index (κ3) is 8.46. The molecule has 2 aromatic carbocycles. The topological polar surface area (TPSA) is 75.7 Å². The van der Waals surface area contributed by atoms with Gasteiger partial charge in [-0.1, -0.05) is 101 Å². The molecule has 0 heterocycles. The van der Waals surface area contributed by atoms with Gasteiger partial charge in [-0.05, 0) is 17.4 Å². The van der Waals surface area contributed by atoms with Crippen molar-refractivity contribution in [2.24, 2.45) is 11.3 Å². The minimum absolute atomic E-state index is 0.124. The van der Waals surface area contributed by atoms with Crippen molar-refractivity contribution in [1.29, 1.82) is 0 Å². The molecule has 0 bridgehead atoms. The molecule has 1 N–H and O–H groups in total. The molecule has 2 amide bonds. The lowest BCUT2D eigenvalue weighted by atomic mass is 9.81. The average Bonchev–Trinajstić information content (AvgIpc) is 2.82. The molecule has 0 saturated heterocycles. The smallest absolute Gasteiger partial charge is 0.233 e. The van der Waals surface area contributed by atoms with Crippen molar-refractivity contribution in [3.05, 3.63) is 71.8 Å². The van der Waals surface area contributed by atoms with Crippen LogP contribution in [0.4, 0.5) is 0 Å². The zero-order valence-electron chi connectivity index (χ0n) is 20.1. The molecule has 0 radical (unpaired) electrons. The molecule has 0 aliphatic carbocycles. The van der Waals surface area contributed by atoms with Gasteiger partial charge in [0.25, 0.3) is 0 Å². The lowest BCUT2D eigenvalue weighted by Crippen LogP contribution is -2.52. The van der Waals surface area contributed by atoms with Crippen molar-refractivity contribution in [2.75, 3.05) is 6.54 Å². The van der Waals surface area contributed by atoms with Crippen molar-refractivity contribution < 1.29 is 19.2 Å². The van der Waals surface area contributed by atoms with Gasteiger partial charge in [-0.15, -0.1) is 0 Å². The van der Waals surface area contributed by atoms with Crippen molar-refractivity contribution in [2.45, 2.75) is 59.6 Å². The highest BCUT2D eigenvalue weighted by atomic mass is 16.7. The highest BCUT2D eigenvalue weighted by molar-refractivity contribution is 6.02. The summed E-state index contributed by atoms with van der Waals surface area (Å²) in [5, 5.41) is 4.16. The van der Waals surface area contributed by atoms with Gasteiger partial charge in [-0.2, -0.15) is 0 Å². The predicted molar refractivity (Wildman–Crippen MR) is 129 cm³/mol. The normalized spacial score (nSPS) is 13.1. The van der Waals surface area contributed by atoms with E-state index in [1.807, 2.05) is 69.3 Å². The number of hydrogen-bond donors (Lipinski definition) is 1. The van der Waals surface area contributed by atoms with Crippen LogP contribution in [0.1, 0.15) is 62.9 Å². The first-order chi connectivity index (χ1) is 15.8. The number of carbonyl (C=O) groups excluding carboxylic acids is 3. The van der Waals surface area contributed by atoms with E-state index >= 15 is 0 Å². The number of carbonyl (C=O) groups is 3. The zero-order chi connectivity index (χ0) is 24.3. The number of rotatable bonds is 13. The van der Waals surface area contributed by atoms with Crippen LogP contribution >= 0.6 is 0 Å². The fourth-order valence-corrected chi connectivity index (χ4v) is 3.54. The average molecular weight is 453 g/mol. The van der Waals surface area contributed by atoms with Crippen LogP contribution in [-0.2, 0) is 21.0 Å². The van der Waals surface area contributed by atoms with Crippen LogP contribution in [0, 0.1) is 11.3 Å². The fourth-order valence-electron chi connectivity index (χ4n) is 3.54. The molecule has 6 nitrogen and oxygen atoms in total. The third-order valence-electron chi connectivity index (χ3n) is 5.51. The first-order valence-electron chi connectivity index (χ1n) is 11.5. The molecule has 0 unspecified atom stereocenters. The molecule has 6 heteroatoms. The number of Topliss-reactive ketones (excluding diaryl/α,β-unsaturated/α-hetero) is 1. The number of unbranched alkanes of at least 4 members (excludes halogenated alkanes) is 1.